The van der Waals surface area contributed by atoms with Crippen molar-refractivity contribution in [3.05, 3.63) is 65.7 Å². The van der Waals surface area contributed by atoms with Crippen molar-refractivity contribution in [1.29, 1.82) is 0 Å². The van der Waals surface area contributed by atoms with Crippen molar-refractivity contribution >= 4 is 46.0 Å². The summed E-state index contributed by atoms with van der Waals surface area (Å²) in [6.07, 6.45) is 6.43. The number of nitrogens with one attached hydrogen (secondary N) is 1. The second kappa shape index (κ2) is 10.6. The third-order valence-corrected chi connectivity index (χ3v) is 6.79. The summed E-state index contributed by atoms with van der Waals surface area (Å²) in [5, 5.41) is 4.68. The van der Waals surface area contributed by atoms with Crippen LogP contribution in [0.4, 0.5) is 11.6 Å². The number of nitrogens with zero attached hydrogens (tertiary/aromatic N) is 6. The number of hydrogen-bond acceptors (Lipinski definition) is 6. The monoisotopic (exact) mass is 517 g/mol. The van der Waals surface area contributed by atoms with Gasteiger partial charge < -0.3 is 19.7 Å². The Morgan fingerprint density at radius 1 is 1.03 bits per heavy atom. The van der Waals surface area contributed by atoms with Crippen molar-refractivity contribution in [3.8, 4) is 11.3 Å². The van der Waals surface area contributed by atoms with Crippen LogP contribution < -0.4 is 5.32 Å². The van der Waals surface area contributed by atoms with Crippen molar-refractivity contribution < 1.29 is 9.59 Å². The van der Waals surface area contributed by atoms with Crippen molar-refractivity contribution in [2.75, 3.05) is 31.5 Å². The van der Waals surface area contributed by atoms with E-state index in [4.69, 9.17) is 16.6 Å². The number of carbonyl (C=O) groups excluding carboxylic acids is 2. The van der Waals surface area contributed by atoms with Crippen LogP contribution in [0.15, 0.2) is 55.0 Å². The number of hydrogen-bond donors (Lipinski definition) is 1. The predicted octanol–water partition coefficient (Wildman–Crippen LogP) is 4.60. The minimum atomic E-state index is -0.0595. The maximum absolute atomic E-state index is 13.1. The van der Waals surface area contributed by atoms with E-state index in [0.717, 1.165) is 35.1 Å². The van der Waals surface area contributed by atoms with E-state index in [2.05, 4.69) is 33.0 Å². The molecule has 10 heteroatoms. The Kier molecular flexibility index (Phi) is 7.05. The van der Waals surface area contributed by atoms with Crippen molar-refractivity contribution in [2.45, 2.75) is 26.8 Å². The first kappa shape index (κ1) is 24.7. The van der Waals surface area contributed by atoms with E-state index in [1.807, 2.05) is 24.3 Å². The van der Waals surface area contributed by atoms with Crippen LogP contribution in [0, 0.1) is 0 Å². The Bertz CT molecular complexity index is 1460. The van der Waals surface area contributed by atoms with Gasteiger partial charge >= 0.3 is 0 Å². The zero-order valence-electron chi connectivity index (χ0n) is 20.8. The zero-order chi connectivity index (χ0) is 25.9. The number of pyridine rings is 1. The molecule has 0 saturated carbocycles. The molecule has 3 aromatic heterocycles. The Morgan fingerprint density at radius 2 is 1.78 bits per heavy atom. The smallest absolute Gasteiger partial charge is 0.254 e. The fourth-order valence-corrected chi connectivity index (χ4v) is 4.93. The zero-order valence-corrected chi connectivity index (χ0v) is 21.6. The lowest BCUT2D eigenvalue weighted by Crippen LogP contribution is -2.50. The Morgan fingerprint density at radius 3 is 2.54 bits per heavy atom. The van der Waals surface area contributed by atoms with Gasteiger partial charge in [0.05, 0.1) is 11.2 Å². The van der Waals surface area contributed by atoms with Crippen molar-refractivity contribution in [1.82, 2.24) is 29.3 Å². The molecule has 0 atom stereocenters. The number of aromatic nitrogens is 4. The maximum Gasteiger partial charge on any atom is 0.254 e. The quantitative estimate of drug-likeness (QED) is 0.375. The maximum atomic E-state index is 13.1. The SMILES string of the molecule is CCCn1cc(-c2ccnc(Nc3cccc(C(=O)N4CCN(C(C)=O)CC4)c3)n2)c2ccnc(Cl)c21. The van der Waals surface area contributed by atoms with Crippen LogP contribution in [0.1, 0.15) is 30.6 Å². The lowest BCUT2D eigenvalue weighted by molar-refractivity contribution is -0.130. The first-order valence-electron chi connectivity index (χ1n) is 12.3. The number of fused-ring (bicyclic) bond motifs is 1. The van der Waals surface area contributed by atoms with Crippen molar-refractivity contribution in [2.24, 2.45) is 0 Å². The van der Waals surface area contributed by atoms with Crippen LogP contribution in [-0.4, -0.2) is 67.3 Å². The standard InChI is InChI=1S/C27H28ClN7O2/c1-3-11-35-17-22(21-7-9-29-25(28)24(21)35)23-8-10-30-27(32-23)31-20-6-4-5-19(16-20)26(37)34-14-12-33(13-15-34)18(2)36/h4-10,16-17H,3,11-15H2,1-2H3,(H,30,31,32). The van der Waals surface area contributed by atoms with Gasteiger partial charge in [-0.05, 0) is 36.8 Å². The number of halogens is 1. The highest BCUT2D eigenvalue weighted by atomic mass is 35.5. The van der Waals surface area contributed by atoms with Gasteiger partial charge in [-0.3, -0.25) is 9.59 Å². The molecule has 0 spiro atoms. The highest BCUT2D eigenvalue weighted by molar-refractivity contribution is 6.34. The highest BCUT2D eigenvalue weighted by Crippen LogP contribution is 2.33. The Balaban J connectivity index is 1.37. The molecular weight excluding hydrogens is 490 g/mol. The van der Waals surface area contributed by atoms with Gasteiger partial charge in [-0.25, -0.2) is 15.0 Å². The van der Waals surface area contributed by atoms with Gasteiger partial charge in [-0.2, -0.15) is 0 Å². The number of rotatable bonds is 6. The molecule has 0 bridgehead atoms. The normalized spacial score (nSPS) is 13.7. The molecule has 0 aliphatic carbocycles. The first-order chi connectivity index (χ1) is 17.9. The predicted molar refractivity (Wildman–Crippen MR) is 144 cm³/mol. The van der Waals surface area contributed by atoms with Crippen LogP contribution in [0.25, 0.3) is 22.2 Å². The summed E-state index contributed by atoms with van der Waals surface area (Å²) in [6.45, 7) is 6.64. The lowest BCUT2D eigenvalue weighted by Gasteiger charge is -2.34. The van der Waals surface area contributed by atoms with Gasteiger partial charge in [0.15, 0.2) is 5.15 Å². The number of anilines is 2. The van der Waals surface area contributed by atoms with Gasteiger partial charge in [0.25, 0.3) is 5.91 Å². The first-order valence-corrected chi connectivity index (χ1v) is 12.7. The fourth-order valence-electron chi connectivity index (χ4n) is 4.67. The molecule has 1 N–H and O–H groups in total. The summed E-state index contributed by atoms with van der Waals surface area (Å²) < 4.78 is 2.11. The van der Waals surface area contributed by atoms with E-state index in [1.165, 1.54) is 0 Å². The van der Waals surface area contributed by atoms with Gasteiger partial charge in [0.1, 0.15) is 0 Å². The number of aryl methyl sites for hydroxylation is 1. The molecular formula is C27H28ClN7O2. The highest BCUT2D eigenvalue weighted by Gasteiger charge is 2.23. The fraction of sp³-hybridized carbons (Fsp3) is 0.296. The molecule has 1 aliphatic rings. The summed E-state index contributed by atoms with van der Waals surface area (Å²) in [5.41, 5.74) is 3.89. The van der Waals surface area contributed by atoms with Crippen LogP contribution >= 0.6 is 11.6 Å². The topological polar surface area (TPSA) is 96.2 Å². The van der Waals surface area contributed by atoms with E-state index in [1.54, 1.807) is 41.2 Å². The average Bonchev–Trinajstić information content (AvgIpc) is 3.28. The third kappa shape index (κ3) is 5.13. The van der Waals surface area contributed by atoms with Crippen LogP contribution in [0.5, 0.6) is 0 Å². The molecule has 1 aromatic carbocycles. The molecule has 0 unspecified atom stereocenters. The van der Waals surface area contributed by atoms with Gasteiger partial charge in [-0.1, -0.05) is 24.6 Å². The van der Waals surface area contributed by atoms with Crippen LogP contribution in [-0.2, 0) is 11.3 Å². The Labute approximate surface area is 220 Å². The van der Waals surface area contributed by atoms with Crippen LogP contribution in [0.2, 0.25) is 5.15 Å². The summed E-state index contributed by atoms with van der Waals surface area (Å²) in [7, 11) is 0. The number of amides is 2. The second-order valence-electron chi connectivity index (χ2n) is 9.00. The molecule has 2 amide bonds. The molecule has 1 fully saturated rings. The number of carbonyl (C=O) groups is 2. The Hall–Kier alpha value is -3.98. The summed E-state index contributed by atoms with van der Waals surface area (Å²) in [4.78, 5) is 41.6. The van der Waals surface area contributed by atoms with E-state index in [9.17, 15) is 9.59 Å². The van der Waals surface area contributed by atoms with Crippen LogP contribution in [0.3, 0.4) is 0 Å². The minimum Gasteiger partial charge on any atom is -0.344 e. The molecule has 1 saturated heterocycles. The molecule has 4 heterocycles. The molecule has 1 aliphatic heterocycles. The van der Waals surface area contributed by atoms with E-state index >= 15 is 0 Å². The molecule has 9 nitrogen and oxygen atoms in total. The van der Waals surface area contributed by atoms with E-state index in [-0.39, 0.29) is 11.8 Å². The van der Waals surface area contributed by atoms with Gasteiger partial charge in [-0.15, -0.1) is 0 Å². The molecule has 4 aromatic rings. The minimum absolute atomic E-state index is 0.0372. The number of piperazine rings is 1. The van der Waals surface area contributed by atoms with Gasteiger partial charge in [0, 0.05) is 80.4 Å². The molecule has 37 heavy (non-hydrogen) atoms. The van der Waals surface area contributed by atoms with Gasteiger partial charge in [0.2, 0.25) is 11.9 Å². The van der Waals surface area contributed by atoms with Crippen molar-refractivity contribution in [3.63, 3.8) is 0 Å². The van der Waals surface area contributed by atoms with E-state index < -0.39 is 0 Å². The molecule has 5 rings (SSSR count). The largest absolute Gasteiger partial charge is 0.344 e. The summed E-state index contributed by atoms with van der Waals surface area (Å²) in [5.74, 6) is 0.402. The third-order valence-electron chi connectivity index (χ3n) is 6.52. The summed E-state index contributed by atoms with van der Waals surface area (Å²) >= 11 is 6.43. The van der Waals surface area contributed by atoms with E-state index in [0.29, 0.717) is 48.5 Å². The second-order valence-corrected chi connectivity index (χ2v) is 9.36. The molecule has 0 radical (unpaired) electrons. The molecule has 190 valence electrons. The summed E-state index contributed by atoms with van der Waals surface area (Å²) in [6, 6.07) is 11.1. The average molecular weight is 518 g/mol. The lowest BCUT2D eigenvalue weighted by atomic mass is 10.1. The number of benzene rings is 1.